The normalized spacial score (nSPS) is 17.8. The Morgan fingerprint density at radius 2 is 1.14 bits per heavy atom. The Morgan fingerprint density at radius 1 is 0.655 bits per heavy atom. The summed E-state index contributed by atoms with van der Waals surface area (Å²) in [6, 6.07) is 12.0. The lowest BCUT2D eigenvalue weighted by molar-refractivity contribution is -0.136. The van der Waals surface area contributed by atoms with Crippen molar-refractivity contribution in [2.45, 2.75) is 77.5 Å². The molecule has 0 unspecified atom stereocenters. The number of rotatable bonds is 11. The van der Waals surface area contributed by atoms with Crippen LogP contribution in [0.3, 0.4) is 0 Å². The van der Waals surface area contributed by atoms with E-state index in [0.717, 1.165) is 70.5 Å². The highest BCUT2D eigenvalue weighted by atomic mass is 16.5. The van der Waals surface area contributed by atoms with E-state index >= 15 is 0 Å². The van der Waals surface area contributed by atoms with E-state index in [0.29, 0.717) is 24.7 Å². The van der Waals surface area contributed by atoms with Gasteiger partial charge in [-0.1, -0.05) is 58.0 Å². The lowest BCUT2D eigenvalue weighted by atomic mass is 10.0. The number of methoxy groups -OCH3 is 2. The molecule has 7 rings (SSSR count). The number of alkyl carbamates (subject to hydrolysis) is 2. The number of H-pyrrole nitrogens is 2. The second-order valence-corrected chi connectivity index (χ2v) is 15.5. The fourth-order valence-electron chi connectivity index (χ4n) is 7.83. The van der Waals surface area contributed by atoms with Gasteiger partial charge in [-0.05, 0) is 55.2 Å². The number of imidazole rings is 2. The van der Waals surface area contributed by atoms with Crippen molar-refractivity contribution in [3.05, 3.63) is 72.7 Å². The maximum absolute atomic E-state index is 13.6. The molecule has 2 fully saturated rings. The van der Waals surface area contributed by atoms with Gasteiger partial charge in [-0.3, -0.25) is 14.6 Å². The first-order valence-corrected chi connectivity index (χ1v) is 19.7. The van der Waals surface area contributed by atoms with Crippen molar-refractivity contribution in [1.82, 2.24) is 50.3 Å². The summed E-state index contributed by atoms with van der Waals surface area (Å²) in [7, 11) is 2.57. The first-order chi connectivity index (χ1) is 27.9. The molecule has 16 heteroatoms. The highest BCUT2D eigenvalue weighted by Gasteiger charge is 2.39. The number of nitrogens with one attached hydrogen (secondary N) is 4. The summed E-state index contributed by atoms with van der Waals surface area (Å²) in [4.78, 5) is 80.5. The highest BCUT2D eigenvalue weighted by Crippen LogP contribution is 2.35. The molecule has 304 valence electrons. The first kappa shape index (κ1) is 39.9. The van der Waals surface area contributed by atoms with Crippen LogP contribution in [0.1, 0.15) is 77.1 Å². The SMILES string of the molecule is COC(=O)N[C@H](C(=O)N1CCC[C@H]1c1ncc(-c2ccc(-c3cnc4cc(-c5cnc([C@@H]6CCCN6C(=O)[C@@H](NC(=O)OC)C(C)C)[nH]5)ccc4n3)cc2)[nH]1)C(C)C. The molecule has 2 aliphatic heterocycles. The molecule has 4 amide bonds. The number of nitrogens with zero attached hydrogens (tertiary/aromatic N) is 6. The number of hydrogen-bond acceptors (Lipinski definition) is 10. The minimum absolute atomic E-state index is 0.114. The maximum atomic E-state index is 13.6. The second kappa shape index (κ2) is 17.0. The van der Waals surface area contributed by atoms with Gasteiger partial charge < -0.3 is 39.9 Å². The van der Waals surface area contributed by atoms with Crippen molar-refractivity contribution >= 4 is 35.0 Å². The van der Waals surface area contributed by atoms with Crippen LogP contribution in [0.15, 0.2) is 61.1 Å². The van der Waals surface area contributed by atoms with Gasteiger partial charge in [0, 0.05) is 24.2 Å². The van der Waals surface area contributed by atoms with E-state index < -0.39 is 24.3 Å². The van der Waals surface area contributed by atoms with Gasteiger partial charge in [0.2, 0.25) is 11.8 Å². The van der Waals surface area contributed by atoms with Crippen LogP contribution in [-0.2, 0) is 19.1 Å². The number of ether oxygens (including phenoxy) is 2. The van der Waals surface area contributed by atoms with Crippen molar-refractivity contribution in [3.8, 4) is 33.8 Å². The monoisotopic (exact) mass is 790 g/mol. The lowest BCUT2D eigenvalue weighted by Crippen LogP contribution is -2.51. The molecular formula is C42H50N10O6. The van der Waals surface area contributed by atoms with E-state index in [4.69, 9.17) is 19.4 Å². The van der Waals surface area contributed by atoms with Crippen LogP contribution in [0.5, 0.6) is 0 Å². The first-order valence-electron chi connectivity index (χ1n) is 19.7. The van der Waals surface area contributed by atoms with E-state index in [9.17, 15) is 19.2 Å². The molecule has 4 atom stereocenters. The van der Waals surface area contributed by atoms with Gasteiger partial charge >= 0.3 is 12.2 Å². The summed E-state index contributed by atoms with van der Waals surface area (Å²) < 4.78 is 9.51. The van der Waals surface area contributed by atoms with Crippen molar-refractivity contribution in [1.29, 1.82) is 0 Å². The topological polar surface area (TPSA) is 200 Å². The Bertz CT molecular complexity index is 2290. The predicted molar refractivity (Wildman–Crippen MR) is 216 cm³/mol. The number of hydrogen-bond donors (Lipinski definition) is 4. The maximum Gasteiger partial charge on any atom is 0.407 e. The van der Waals surface area contributed by atoms with Crippen LogP contribution in [0, 0.1) is 11.8 Å². The molecule has 5 aromatic rings. The molecular weight excluding hydrogens is 741 g/mol. The Kier molecular flexibility index (Phi) is 11.7. The van der Waals surface area contributed by atoms with Crippen molar-refractivity contribution in [2.24, 2.45) is 11.8 Å². The van der Waals surface area contributed by atoms with Crippen LogP contribution in [0.25, 0.3) is 44.8 Å². The predicted octanol–water partition coefficient (Wildman–Crippen LogP) is 6.17. The number of amides is 4. The van der Waals surface area contributed by atoms with Crippen LogP contribution in [0.2, 0.25) is 0 Å². The van der Waals surface area contributed by atoms with E-state index in [1.54, 1.807) is 28.4 Å². The lowest BCUT2D eigenvalue weighted by Gasteiger charge is -2.30. The Morgan fingerprint density at radius 3 is 1.64 bits per heavy atom. The summed E-state index contributed by atoms with van der Waals surface area (Å²) in [6.07, 6.45) is 7.24. The zero-order valence-electron chi connectivity index (χ0n) is 33.6. The van der Waals surface area contributed by atoms with Gasteiger partial charge in [0.05, 0.1) is 73.0 Å². The van der Waals surface area contributed by atoms with Crippen molar-refractivity contribution < 1.29 is 28.7 Å². The molecule has 2 aromatic carbocycles. The molecule has 2 saturated heterocycles. The quantitative estimate of drug-likeness (QED) is 0.120. The van der Waals surface area contributed by atoms with Crippen LogP contribution in [0.4, 0.5) is 9.59 Å². The van der Waals surface area contributed by atoms with Crippen LogP contribution >= 0.6 is 0 Å². The molecule has 0 bridgehead atoms. The average molecular weight is 791 g/mol. The number of carbonyl (C=O) groups is 4. The number of fused-ring (bicyclic) bond motifs is 1. The number of carbonyl (C=O) groups excluding carboxylic acids is 4. The minimum atomic E-state index is -0.703. The zero-order chi connectivity index (χ0) is 41.1. The fourth-order valence-corrected chi connectivity index (χ4v) is 7.83. The average Bonchev–Trinajstić information content (AvgIpc) is 4.07. The summed E-state index contributed by atoms with van der Waals surface area (Å²) >= 11 is 0. The largest absolute Gasteiger partial charge is 0.453 e. The van der Waals surface area contributed by atoms with Crippen molar-refractivity contribution in [2.75, 3.05) is 27.3 Å². The van der Waals surface area contributed by atoms with E-state index in [1.165, 1.54) is 14.2 Å². The Labute approximate surface area is 336 Å². The molecule has 0 spiro atoms. The number of aromatic nitrogens is 6. The summed E-state index contributed by atoms with van der Waals surface area (Å²) in [5.41, 5.74) is 6.56. The fraction of sp³-hybridized carbons (Fsp3) is 0.429. The molecule has 3 aromatic heterocycles. The molecule has 16 nitrogen and oxygen atoms in total. The molecule has 2 aliphatic rings. The van der Waals surface area contributed by atoms with E-state index in [2.05, 4.69) is 30.6 Å². The number of likely N-dealkylation sites (tertiary alicyclic amines) is 2. The molecule has 4 N–H and O–H groups in total. The van der Waals surface area contributed by atoms with Crippen molar-refractivity contribution in [3.63, 3.8) is 0 Å². The van der Waals surface area contributed by atoms with Gasteiger partial charge in [-0.15, -0.1) is 0 Å². The number of aromatic amines is 2. The summed E-state index contributed by atoms with van der Waals surface area (Å²) in [5, 5.41) is 5.38. The Hall–Kier alpha value is -6.32. The molecule has 0 radical (unpaired) electrons. The van der Waals surface area contributed by atoms with E-state index in [1.807, 2.05) is 70.2 Å². The van der Waals surface area contributed by atoms with Crippen LogP contribution in [-0.4, -0.2) is 103 Å². The third kappa shape index (κ3) is 8.22. The zero-order valence-corrected chi connectivity index (χ0v) is 33.6. The van der Waals surface area contributed by atoms with Gasteiger partial charge in [0.15, 0.2) is 0 Å². The molecule has 0 saturated carbocycles. The van der Waals surface area contributed by atoms with Gasteiger partial charge in [-0.25, -0.2) is 24.5 Å². The second-order valence-electron chi connectivity index (χ2n) is 15.5. The highest BCUT2D eigenvalue weighted by molar-refractivity contribution is 5.87. The molecule has 0 aliphatic carbocycles. The van der Waals surface area contributed by atoms with E-state index in [-0.39, 0.29) is 35.7 Å². The third-order valence-electron chi connectivity index (χ3n) is 11.0. The van der Waals surface area contributed by atoms with Gasteiger partial charge in [0.25, 0.3) is 0 Å². The molecule has 58 heavy (non-hydrogen) atoms. The van der Waals surface area contributed by atoms with Gasteiger partial charge in [0.1, 0.15) is 23.7 Å². The Balaban J connectivity index is 1.02. The summed E-state index contributed by atoms with van der Waals surface area (Å²) in [5.74, 6) is 0.860. The standard InChI is InChI=1S/C42H50N10O6/c1-23(2)35(49-41(55)57-5)39(53)51-17-7-9-33(51)37-44-21-31(47-37)26-13-11-25(12-14-26)30-20-43-29-19-27(15-16-28(29)46-30)32-22-45-38(48-32)34-10-8-18-52(34)40(54)36(24(3)4)50-42(56)58-6/h11-16,19-24,33-36H,7-10,17-18H2,1-6H3,(H,44,47)(H,45,48)(H,49,55)(H,50,56)/t33-,34-,35-,36-/m0/s1. The van der Waals surface area contributed by atoms with Gasteiger partial charge in [-0.2, -0.15) is 0 Å². The number of benzene rings is 2. The third-order valence-corrected chi connectivity index (χ3v) is 11.0. The summed E-state index contributed by atoms with van der Waals surface area (Å²) in [6.45, 7) is 8.74. The van der Waals surface area contributed by atoms with Crippen LogP contribution < -0.4 is 10.6 Å². The minimum Gasteiger partial charge on any atom is -0.453 e. The smallest absolute Gasteiger partial charge is 0.407 e. The molecule has 5 heterocycles.